The number of aliphatic hydroxyl groups excluding tert-OH is 2. The van der Waals surface area contributed by atoms with E-state index in [1.54, 1.807) is 6.92 Å². The van der Waals surface area contributed by atoms with Crippen molar-refractivity contribution in [2.45, 2.75) is 58.2 Å². The maximum absolute atomic E-state index is 12.3. The zero-order chi connectivity index (χ0) is 20.1. The van der Waals surface area contributed by atoms with Crippen LogP contribution in [-0.4, -0.2) is 50.8 Å². The van der Waals surface area contributed by atoms with Gasteiger partial charge in [0.05, 0.1) is 18.3 Å². The van der Waals surface area contributed by atoms with Crippen LogP contribution in [0.4, 0.5) is 10.6 Å². The van der Waals surface area contributed by atoms with E-state index in [9.17, 15) is 19.8 Å². The van der Waals surface area contributed by atoms with E-state index in [4.69, 9.17) is 15.9 Å². The summed E-state index contributed by atoms with van der Waals surface area (Å²) in [5, 5.41) is 22.2. The van der Waals surface area contributed by atoms with Gasteiger partial charge >= 0.3 is 11.8 Å². The van der Waals surface area contributed by atoms with Crippen LogP contribution in [0.15, 0.2) is 11.0 Å². The molecule has 27 heavy (non-hydrogen) atoms. The Morgan fingerprint density at radius 1 is 1.52 bits per heavy atom. The van der Waals surface area contributed by atoms with Crippen molar-refractivity contribution in [1.29, 1.82) is 0 Å². The van der Waals surface area contributed by atoms with Crippen molar-refractivity contribution in [1.82, 2.24) is 9.55 Å². The monoisotopic (exact) mass is 379 g/mol. The molecule has 0 aliphatic carbocycles. The third kappa shape index (κ3) is 4.86. The van der Waals surface area contributed by atoms with E-state index < -0.39 is 36.3 Å². The Morgan fingerprint density at radius 2 is 2.22 bits per heavy atom. The molecule has 1 amide bonds. The van der Waals surface area contributed by atoms with E-state index in [1.807, 2.05) is 13.8 Å². The summed E-state index contributed by atoms with van der Waals surface area (Å²) < 4.78 is 11.5. The molecule has 3 unspecified atom stereocenters. The lowest BCUT2D eigenvalue weighted by Crippen LogP contribution is -2.36. The van der Waals surface area contributed by atoms with Crippen LogP contribution in [0, 0.1) is 18.3 Å². The first-order chi connectivity index (χ1) is 12.8. The van der Waals surface area contributed by atoms with Crippen LogP contribution in [-0.2, 0) is 9.47 Å². The van der Waals surface area contributed by atoms with Crippen LogP contribution in [0.3, 0.4) is 0 Å². The summed E-state index contributed by atoms with van der Waals surface area (Å²) in [5.41, 5.74) is -0.688. The predicted octanol–water partition coefficient (Wildman–Crippen LogP) is 0.848. The number of hydrogen-bond acceptors (Lipinski definition) is 7. The Hall–Kier alpha value is -2.41. The number of nitrogens with zero attached hydrogens (tertiary/aromatic N) is 2. The van der Waals surface area contributed by atoms with E-state index >= 15 is 0 Å². The Bertz CT molecular complexity index is 771. The molecule has 2 rings (SSSR count). The highest BCUT2D eigenvalue weighted by atomic mass is 16.6. The number of ether oxygens (including phenoxy) is 2. The van der Waals surface area contributed by atoms with Gasteiger partial charge in [-0.1, -0.05) is 26.2 Å². The molecule has 0 aromatic carbocycles. The molecular weight excluding hydrogens is 354 g/mol. The van der Waals surface area contributed by atoms with Gasteiger partial charge in [0.1, 0.15) is 12.2 Å². The number of carbonyl (C=O) groups is 1. The molecule has 148 valence electrons. The van der Waals surface area contributed by atoms with Gasteiger partial charge in [0.15, 0.2) is 12.0 Å². The van der Waals surface area contributed by atoms with Crippen molar-refractivity contribution < 1.29 is 24.5 Å². The van der Waals surface area contributed by atoms with E-state index in [0.717, 1.165) is 17.4 Å². The van der Waals surface area contributed by atoms with Crippen LogP contribution in [0.2, 0.25) is 0 Å². The number of aliphatic hydroxyl groups is 2. The molecule has 1 aromatic rings. The molecule has 1 saturated heterocycles. The summed E-state index contributed by atoms with van der Waals surface area (Å²) in [6.45, 7) is 5.81. The van der Waals surface area contributed by atoms with Crippen LogP contribution < -0.4 is 11.0 Å². The predicted molar refractivity (Wildman–Crippen MR) is 97.1 cm³/mol. The molecule has 1 aromatic heterocycles. The number of carbonyl (C=O) groups excluding carboxylic acids is 1. The van der Waals surface area contributed by atoms with Crippen molar-refractivity contribution in [3.63, 3.8) is 0 Å². The molecule has 9 nitrogen and oxygen atoms in total. The summed E-state index contributed by atoms with van der Waals surface area (Å²) >= 11 is 0. The number of nitrogens with one attached hydrogen (secondary N) is 1. The van der Waals surface area contributed by atoms with Crippen LogP contribution in [0.1, 0.15) is 45.4 Å². The summed E-state index contributed by atoms with van der Waals surface area (Å²) in [6.07, 6.45) is 3.58. The summed E-state index contributed by atoms with van der Waals surface area (Å²) in [6, 6.07) is 0. The fraction of sp³-hybridized carbons (Fsp3) is 0.611. The second-order valence-corrected chi connectivity index (χ2v) is 6.67. The molecule has 2 heterocycles. The summed E-state index contributed by atoms with van der Waals surface area (Å²) in [4.78, 5) is 28.0. The first-order valence-electron chi connectivity index (χ1n) is 8.83. The molecular formula is C18H25N3O6. The second-order valence-electron chi connectivity index (χ2n) is 6.67. The molecule has 1 aliphatic heterocycles. The smallest absolute Gasteiger partial charge is 0.412 e. The highest BCUT2D eigenvalue weighted by Gasteiger charge is 2.42. The largest absolute Gasteiger partial charge is 0.449 e. The zero-order valence-corrected chi connectivity index (χ0v) is 15.6. The van der Waals surface area contributed by atoms with Crippen molar-refractivity contribution >= 4 is 11.9 Å². The highest BCUT2D eigenvalue weighted by Crippen LogP contribution is 2.28. The number of rotatable bonds is 6. The van der Waals surface area contributed by atoms with Gasteiger partial charge in [-0.25, -0.2) is 9.59 Å². The van der Waals surface area contributed by atoms with Crippen molar-refractivity contribution in [2.75, 3.05) is 11.9 Å². The average Bonchev–Trinajstić information content (AvgIpc) is 2.88. The molecule has 0 spiro atoms. The van der Waals surface area contributed by atoms with Gasteiger partial charge in [0.25, 0.3) is 0 Å². The molecule has 0 radical (unpaired) electrons. The summed E-state index contributed by atoms with van der Waals surface area (Å²) in [7, 11) is 0. The normalized spacial score (nSPS) is 25.6. The minimum Gasteiger partial charge on any atom is -0.449 e. The molecule has 1 aliphatic rings. The lowest BCUT2D eigenvalue weighted by Gasteiger charge is -2.18. The lowest BCUT2D eigenvalue weighted by atomic mass is 10.1. The van der Waals surface area contributed by atoms with E-state index in [2.05, 4.69) is 16.2 Å². The summed E-state index contributed by atoms with van der Waals surface area (Å²) in [5.74, 6) is 2.42. The standard InChI is InChI=1S/C18H25N3O6/c1-5-7-10(3)9-26-18(25)20-15-12(6-2)8-21(17(24)19-15)16-14(23)13(22)11(4)27-16/h2,8,10-11,13-14,16,22-23H,5,7,9H2,1,3-4H3,(H,19,20,24,25)/t10?,11-,13?,14?,16-/m1/s1. The fourth-order valence-electron chi connectivity index (χ4n) is 2.84. The van der Waals surface area contributed by atoms with Gasteiger partial charge in [-0.3, -0.25) is 9.88 Å². The lowest BCUT2D eigenvalue weighted by molar-refractivity contribution is -0.0350. The Balaban J connectivity index is 2.16. The Kier molecular flexibility index (Phi) is 6.96. The number of aromatic nitrogens is 2. The second kappa shape index (κ2) is 8.99. The van der Waals surface area contributed by atoms with E-state index in [1.165, 1.54) is 6.20 Å². The minimum absolute atomic E-state index is 0.109. The maximum Gasteiger partial charge on any atom is 0.412 e. The molecule has 9 heteroatoms. The van der Waals surface area contributed by atoms with Crippen LogP contribution in [0.25, 0.3) is 0 Å². The van der Waals surface area contributed by atoms with Crippen molar-refractivity contribution in [2.24, 2.45) is 5.92 Å². The number of hydrogen-bond donors (Lipinski definition) is 3. The first kappa shape index (κ1) is 20.9. The third-order valence-electron chi connectivity index (χ3n) is 4.36. The number of anilines is 1. The van der Waals surface area contributed by atoms with Crippen LogP contribution >= 0.6 is 0 Å². The highest BCUT2D eigenvalue weighted by molar-refractivity contribution is 5.84. The SMILES string of the molecule is C#Cc1cn([C@@H]2O[C@H](C)C(O)C2O)c(=O)nc1NC(=O)OCC(C)CCC. The maximum atomic E-state index is 12.3. The van der Waals surface area contributed by atoms with Crippen molar-refractivity contribution in [3.05, 3.63) is 22.2 Å². The first-order valence-corrected chi connectivity index (χ1v) is 8.83. The van der Waals surface area contributed by atoms with Crippen molar-refractivity contribution in [3.8, 4) is 12.3 Å². The van der Waals surface area contributed by atoms with Gasteiger partial charge in [-0.15, -0.1) is 6.42 Å². The van der Waals surface area contributed by atoms with Gasteiger partial charge in [0, 0.05) is 6.20 Å². The molecule has 5 atom stereocenters. The minimum atomic E-state index is -1.31. The fourth-order valence-corrected chi connectivity index (χ4v) is 2.84. The third-order valence-corrected chi connectivity index (χ3v) is 4.36. The van der Waals surface area contributed by atoms with Gasteiger partial charge in [-0.2, -0.15) is 4.98 Å². The van der Waals surface area contributed by atoms with E-state index in [-0.39, 0.29) is 23.9 Å². The Labute approximate surface area is 157 Å². The number of terminal acetylenes is 1. The van der Waals surface area contributed by atoms with E-state index in [0.29, 0.717) is 0 Å². The molecule has 3 N–H and O–H groups in total. The molecule has 1 fully saturated rings. The topological polar surface area (TPSA) is 123 Å². The quantitative estimate of drug-likeness (QED) is 0.626. The van der Waals surface area contributed by atoms with Gasteiger partial charge < -0.3 is 19.7 Å². The number of amides is 1. The molecule has 0 saturated carbocycles. The Morgan fingerprint density at radius 3 is 2.78 bits per heavy atom. The van der Waals surface area contributed by atoms with Gasteiger partial charge in [-0.05, 0) is 19.3 Å². The zero-order valence-electron chi connectivity index (χ0n) is 15.6. The van der Waals surface area contributed by atoms with Gasteiger partial charge in [0.2, 0.25) is 0 Å². The molecule has 0 bridgehead atoms. The average molecular weight is 379 g/mol. The van der Waals surface area contributed by atoms with Crippen LogP contribution in [0.5, 0.6) is 0 Å².